The maximum Gasteiger partial charge on any atom is 0.335 e. The number of aromatic amines is 1. The second-order valence-corrected chi connectivity index (χ2v) is 4.91. The number of carboxylic acid groups (broad SMARTS) is 1. The molecule has 0 fully saturated rings. The predicted molar refractivity (Wildman–Crippen MR) is 84.1 cm³/mol. The first-order valence-corrected chi connectivity index (χ1v) is 7.02. The second-order valence-electron chi connectivity index (χ2n) is 4.47. The summed E-state index contributed by atoms with van der Waals surface area (Å²) in [7, 11) is 0. The van der Waals surface area contributed by atoms with E-state index in [0.29, 0.717) is 0 Å². The standard InChI is InChI=1S/C10H8N2.C7H5ClO3/c1-5-11-6-2-9(1)10-3-7-12-8-4-10;8-4-1-2-6(9)5(3-4)7(10)11/h1-8H;1-3,9H,(H,10,11). The fraction of sp³-hybridized carbons (Fsp3) is 0. The molecule has 6 heteroatoms. The minimum Gasteiger partial charge on any atom is -0.872 e. The van der Waals surface area contributed by atoms with E-state index in [4.69, 9.17) is 16.7 Å². The molecule has 0 radical (unpaired) electrons. The number of benzene rings is 1. The molecule has 2 aromatic heterocycles. The second kappa shape index (κ2) is 7.91. The van der Waals surface area contributed by atoms with Gasteiger partial charge < -0.3 is 10.2 Å². The van der Waals surface area contributed by atoms with Crippen molar-refractivity contribution in [1.82, 2.24) is 4.98 Å². The number of aromatic nitrogens is 2. The lowest BCUT2D eigenvalue weighted by Gasteiger charge is -2.08. The molecule has 116 valence electrons. The van der Waals surface area contributed by atoms with E-state index in [1.165, 1.54) is 17.2 Å². The van der Waals surface area contributed by atoms with Crippen molar-refractivity contribution in [3.63, 3.8) is 0 Å². The number of nitrogens with zero attached hydrogens (tertiary/aromatic N) is 1. The van der Waals surface area contributed by atoms with Crippen LogP contribution in [0.25, 0.3) is 11.1 Å². The van der Waals surface area contributed by atoms with Gasteiger partial charge in [-0.2, -0.15) is 0 Å². The van der Waals surface area contributed by atoms with Crippen molar-refractivity contribution in [2.45, 2.75) is 0 Å². The lowest BCUT2D eigenvalue weighted by molar-refractivity contribution is -0.377. The number of H-pyrrole nitrogens is 1. The average molecular weight is 329 g/mol. The van der Waals surface area contributed by atoms with Crippen molar-refractivity contribution < 1.29 is 20.0 Å². The zero-order valence-electron chi connectivity index (χ0n) is 11.9. The predicted octanol–water partition coefficient (Wildman–Crippen LogP) is 2.67. The maximum atomic E-state index is 10.8. The molecule has 0 bridgehead atoms. The van der Waals surface area contributed by atoms with Gasteiger partial charge in [0.2, 0.25) is 0 Å². The molecular formula is C17H13ClN2O3. The third kappa shape index (κ3) is 4.79. The van der Waals surface area contributed by atoms with E-state index >= 15 is 0 Å². The number of carbonyl (C=O) groups is 1. The Morgan fingerprint density at radius 2 is 1.65 bits per heavy atom. The molecule has 0 aliphatic heterocycles. The zero-order chi connectivity index (χ0) is 16.7. The van der Waals surface area contributed by atoms with Gasteiger partial charge in [-0.05, 0) is 35.4 Å². The Labute approximate surface area is 137 Å². The van der Waals surface area contributed by atoms with Crippen LogP contribution in [0.2, 0.25) is 5.02 Å². The molecule has 0 saturated carbocycles. The molecule has 5 nitrogen and oxygen atoms in total. The van der Waals surface area contributed by atoms with Gasteiger partial charge in [-0.25, -0.2) is 9.78 Å². The fourth-order valence-corrected chi connectivity index (χ4v) is 1.97. The van der Waals surface area contributed by atoms with Gasteiger partial charge in [0.15, 0.2) is 12.4 Å². The molecule has 3 aromatic rings. The highest BCUT2D eigenvalue weighted by Gasteiger charge is 2.03. The summed E-state index contributed by atoms with van der Waals surface area (Å²) in [5, 5.41) is 19.5. The van der Waals surface area contributed by atoms with Crippen molar-refractivity contribution >= 4 is 17.6 Å². The average Bonchev–Trinajstić information content (AvgIpc) is 2.59. The van der Waals surface area contributed by atoms with Crippen LogP contribution >= 0.6 is 11.6 Å². The smallest absolute Gasteiger partial charge is 0.335 e. The van der Waals surface area contributed by atoms with Gasteiger partial charge in [-0.15, -0.1) is 0 Å². The van der Waals surface area contributed by atoms with E-state index in [1.54, 1.807) is 12.4 Å². The van der Waals surface area contributed by atoms with Gasteiger partial charge in [-0.1, -0.05) is 23.4 Å². The minimum absolute atomic E-state index is 0.252. The number of aromatic carboxylic acids is 1. The quantitative estimate of drug-likeness (QED) is 0.783. The SMILES string of the molecule is O=C(O)c1cc(Cl)ccc1[O-].c1cc(-c2cc[nH+]cc2)ccn1. The van der Waals surface area contributed by atoms with Crippen LogP contribution in [0.3, 0.4) is 0 Å². The first-order chi connectivity index (χ1) is 11.1. The van der Waals surface area contributed by atoms with Crippen LogP contribution in [0.5, 0.6) is 5.75 Å². The van der Waals surface area contributed by atoms with Crippen LogP contribution < -0.4 is 10.1 Å². The van der Waals surface area contributed by atoms with Gasteiger partial charge in [0, 0.05) is 29.5 Å². The largest absolute Gasteiger partial charge is 0.872 e. The Kier molecular flexibility index (Phi) is 5.66. The maximum absolute atomic E-state index is 10.8. The van der Waals surface area contributed by atoms with Crippen LogP contribution in [-0.4, -0.2) is 16.1 Å². The van der Waals surface area contributed by atoms with Crippen LogP contribution in [0, 0.1) is 0 Å². The Balaban J connectivity index is 0.000000168. The highest BCUT2D eigenvalue weighted by molar-refractivity contribution is 6.31. The lowest BCUT2D eigenvalue weighted by atomic mass is 10.1. The number of rotatable bonds is 2. The molecule has 0 aliphatic rings. The third-order valence-electron chi connectivity index (χ3n) is 2.90. The Morgan fingerprint density at radius 1 is 1.04 bits per heavy atom. The number of hydrogen-bond donors (Lipinski definition) is 1. The fourth-order valence-electron chi connectivity index (χ4n) is 1.79. The molecule has 0 atom stereocenters. The van der Waals surface area contributed by atoms with Crippen LogP contribution in [0.4, 0.5) is 0 Å². The molecule has 0 spiro atoms. The summed E-state index contributed by atoms with van der Waals surface area (Å²) in [4.78, 5) is 17.3. The van der Waals surface area contributed by atoms with E-state index < -0.39 is 11.7 Å². The van der Waals surface area contributed by atoms with Crippen LogP contribution in [-0.2, 0) is 0 Å². The topological polar surface area (TPSA) is 87.4 Å². The van der Waals surface area contributed by atoms with E-state index in [-0.39, 0.29) is 10.6 Å². The minimum atomic E-state index is -1.25. The zero-order valence-corrected chi connectivity index (χ0v) is 12.7. The van der Waals surface area contributed by atoms with Crippen molar-refractivity contribution in [2.75, 3.05) is 0 Å². The third-order valence-corrected chi connectivity index (χ3v) is 3.14. The molecular weight excluding hydrogens is 316 g/mol. The highest BCUT2D eigenvalue weighted by Crippen LogP contribution is 2.18. The van der Waals surface area contributed by atoms with Gasteiger partial charge in [0.25, 0.3) is 0 Å². The van der Waals surface area contributed by atoms with Gasteiger partial charge >= 0.3 is 5.97 Å². The molecule has 0 aliphatic carbocycles. The van der Waals surface area contributed by atoms with Crippen LogP contribution in [0.15, 0.2) is 67.3 Å². The first kappa shape index (κ1) is 16.5. The molecule has 0 saturated heterocycles. The number of carboxylic acids is 1. The van der Waals surface area contributed by atoms with Crippen molar-refractivity contribution in [3.05, 3.63) is 77.8 Å². The van der Waals surface area contributed by atoms with E-state index in [1.807, 2.05) is 36.7 Å². The first-order valence-electron chi connectivity index (χ1n) is 6.64. The summed E-state index contributed by atoms with van der Waals surface area (Å²) in [6, 6.07) is 11.7. The Morgan fingerprint density at radius 3 is 2.22 bits per heavy atom. The summed E-state index contributed by atoms with van der Waals surface area (Å²) < 4.78 is 0. The number of halogens is 1. The molecule has 1 aromatic carbocycles. The highest BCUT2D eigenvalue weighted by atomic mass is 35.5. The summed E-state index contributed by atoms with van der Waals surface area (Å²) in [6.07, 6.45) is 7.42. The number of nitrogens with one attached hydrogen (secondary N) is 1. The van der Waals surface area contributed by atoms with Gasteiger partial charge in [-0.3, -0.25) is 4.98 Å². The normalized spacial score (nSPS) is 9.61. The molecule has 23 heavy (non-hydrogen) atoms. The van der Waals surface area contributed by atoms with Crippen molar-refractivity contribution in [3.8, 4) is 16.9 Å². The van der Waals surface area contributed by atoms with Crippen LogP contribution in [0.1, 0.15) is 10.4 Å². The summed E-state index contributed by atoms with van der Waals surface area (Å²) in [5.74, 6) is -1.78. The number of hydrogen-bond acceptors (Lipinski definition) is 3. The molecule has 2 N–H and O–H groups in total. The Bertz CT molecular complexity index is 743. The van der Waals surface area contributed by atoms with E-state index in [9.17, 15) is 9.90 Å². The van der Waals surface area contributed by atoms with Gasteiger partial charge in [0.05, 0.1) is 5.56 Å². The van der Waals surface area contributed by atoms with Crippen molar-refractivity contribution in [2.24, 2.45) is 0 Å². The van der Waals surface area contributed by atoms with E-state index in [2.05, 4.69) is 9.97 Å². The summed E-state index contributed by atoms with van der Waals surface area (Å²) in [5.41, 5.74) is 2.10. The lowest BCUT2D eigenvalue weighted by Crippen LogP contribution is -2.02. The number of pyridine rings is 2. The van der Waals surface area contributed by atoms with Gasteiger partial charge in [0.1, 0.15) is 0 Å². The summed E-state index contributed by atoms with van der Waals surface area (Å²) >= 11 is 5.46. The van der Waals surface area contributed by atoms with E-state index in [0.717, 1.165) is 12.1 Å². The molecule has 0 unspecified atom stereocenters. The van der Waals surface area contributed by atoms with Crippen molar-refractivity contribution in [1.29, 1.82) is 0 Å². The molecule has 0 amide bonds. The monoisotopic (exact) mass is 328 g/mol. The Hall–Kier alpha value is -2.92. The summed E-state index contributed by atoms with van der Waals surface area (Å²) in [6.45, 7) is 0. The molecule has 2 heterocycles. The molecule has 3 rings (SSSR count).